The first kappa shape index (κ1) is 20.2. The van der Waals surface area contributed by atoms with Gasteiger partial charge in [0.25, 0.3) is 5.91 Å². The molecule has 3 nitrogen and oxygen atoms in total. The van der Waals surface area contributed by atoms with E-state index in [0.29, 0.717) is 19.1 Å². The molecule has 2 rings (SSSR count). The second kappa shape index (κ2) is 9.54. The fourth-order valence-electron chi connectivity index (χ4n) is 3.15. The summed E-state index contributed by atoms with van der Waals surface area (Å²) in [5, 5.41) is 0. The molecule has 0 atom stereocenters. The number of amides is 1. The van der Waals surface area contributed by atoms with Gasteiger partial charge in [0, 0.05) is 31.2 Å². The summed E-state index contributed by atoms with van der Waals surface area (Å²) in [4.78, 5) is 17.2. The lowest BCUT2D eigenvalue weighted by Gasteiger charge is -2.25. The van der Waals surface area contributed by atoms with Crippen molar-refractivity contribution in [2.24, 2.45) is 0 Å². The number of carbonyl (C=O) groups excluding carboxylic acids is 1. The van der Waals surface area contributed by atoms with E-state index < -0.39 is 0 Å². The van der Waals surface area contributed by atoms with Gasteiger partial charge < -0.3 is 4.90 Å². The van der Waals surface area contributed by atoms with Gasteiger partial charge in [-0.2, -0.15) is 0 Å². The van der Waals surface area contributed by atoms with Crippen LogP contribution in [0.3, 0.4) is 0 Å². The van der Waals surface area contributed by atoms with Gasteiger partial charge in [-0.05, 0) is 63.1 Å². The predicted octanol–water partition coefficient (Wildman–Crippen LogP) is 4.89. The third-order valence-electron chi connectivity index (χ3n) is 5.01. The van der Waals surface area contributed by atoms with Crippen LogP contribution in [0.4, 0.5) is 0 Å². The Morgan fingerprint density at radius 2 is 1.58 bits per heavy atom. The Hall–Kier alpha value is -2.13. The minimum Gasteiger partial charge on any atom is -0.335 e. The Kier molecular flexibility index (Phi) is 7.40. The van der Waals surface area contributed by atoms with Gasteiger partial charge in [0.2, 0.25) is 0 Å². The van der Waals surface area contributed by atoms with E-state index in [1.807, 2.05) is 36.1 Å². The van der Waals surface area contributed by atoms with Gasteiger partial charge in [0.1, 0.15) is 0 Å². The Labute approximate surface area is 158 Å². The number of hydrogen-bond acceptors (Lipinski definition) is 2. The number of benzene rings is 2. The van der Waals surface area contributed by atoms with Crippen molar-refractivity contribution >= 4 is 5.91 Å². The van der Waals surface area contributed by atoms with E-state index in [-0.39, 0.29) is 5.91 Å². The molecule has 2 aromatic rings. The third-order valence-corrected chi connectivity index (χ3v) is 5.01. The molecule has 0 spiro atoms. The molecule has 0 saturated carbocycles. The molecule has 140 valence electrons. The topological polar surface area (TPSA) is 23.6 Å². The number of carbonyl (C=O) groups is 1. The minimum absolute atomic E-state index is 0.0958. The molecule has 0 heterocycles. The summed E-state index contributed by atoms with van der Waals surface area (Å²) in [6.07, 6.45) is 0. The molecule has 1 amide bonds. The Morgan fingerprint density at radius 1 is 0.923 bits per heavy atom. The van der Waals surface area contributed by atoms with E-state index in [4.69, 9.17) is 0 Å². The maximum atomic E-state index is 12.9. The van der Waals surface area contributed by atoms with Crippen molar-refractivity contribution in [1.29, 1.82) is 0 Å². The molecule has 0 radical (unpaired) electrons. The van der Waals surface area contributed by atoms with Crippen LogP contribution in [-0.4, -0.2) is 34.8 Å². The van der Waals surface area contributed by atoms with Crippen LogP contribution in [0.25, 0.3) is 0 Å². The van der Waals surface area contributed by atoms with Gasteiger partial charge in [0.15, 0.2) is 0 Å². The fraction of sp³-hybridized carbons (Fsp3) is 0.435. The number of rotatable bonds is 8. The minimum atomic E-state index is 0.0958. The van der Waals surface area contributed by atoms with Crippen molar-refractivity contribution in [3.63, 3.8) is 0 Å². The van der Waals surface area contributed by atoms with E-state index in [2.05, 4.69) is 56.9 Å². The van der Waals surface area contributed by atoms with Gasteiger partial charge in [-0.25, -0.2) is 0 Å². The van der Waals surface area contributed by atoms with E-state index in [1.54, 1.807) is 0 Å². The lowest BCUT2D eigenvalue weighted by atomic mass is 10.1. The molecular formula is C23H32N2O. The van der Waals surface area contributed by atoms with Crippen LogP contribution < -0.4 is 0 Å². The summed E-state index contributed by atoms with van der Waals surface area (Å²) in [6, 6.07) is 16.9. The van der Waals surface area contributed by atoms with Crippen molar-refractivity contribution in [3.05, 3.63) is 70.8 Å². The van der Waals surface area contributed by atoms with E-state index in [1.165, 1.54) is 16.7 Å². The normalized spacial score (nSPS) is 11.2. The standard InChI is InChI=1S/C23H32N2O/c1-6-24(18(3)4)16-20-12-14-21(15-13-20)23(26)25(7-2)17-22-11-9-8-10-19(22)5/h8-15,18H,6-7,16-17H2,1-5H3. The molecule has 26 heavy (non-hydrogen) atoms. The summed E-state index contributed by atoms with van der Waals surface area (Å²) in [6.45, 7) is 14.0. The summed E-state index contributed by atoms with van der Waals surface area (Å²) in [5.74, 6) is 0.0958. The van der Waals surface area contributed by atoms with E-state index in [0.717, 1.165) is 18.7 Å². The van der Waals surface area contributed by atoms with E-state index >= 15 is 0 Å². The molecule has 0 aliphatic heterocycles. The Bertz CT molecular complexity index is 706. The van der Waals surface area contributed by atoms with Crippen LogP contribution >= 0.6 is 0 Å². The van der Waals surface area contributed by atoms with Gasteiger partial charge in [-0.3, -0.25) is 9.69 Å². The third kappa shape index (κ3) is 5.18. The largest absolute Gasteiger partial charge is 0.335 e. The van der Waals surface area contributed by atoms with Gasteiger partial charge >= 0.3 is 0 Å². The van der Waals surface area contributed by atoms with Crippen LogP contribution in [0.2, 0.25) is 0 Å². The van der Waals surface area contributed by atoms with Crippen molar-refractivity contribution < 1.29 is 4.79 Å². The molecule has 0 unspecified atom stereocenters. The summed E-state index contributed by atoms with van der Waals surface area (Å²) in [7, 11) is 0. The highest BCUT2D eigenvalue weighted by Gasteiger charge is 2.16. The predicted molar refractivity (Wildman–Crippen MR) is 109 cm³/mol. The first-order valence-electron chi connectivity index (χ1n) is 9.63. The van der Waals surface area contributed by atoms with Crippen LogP contribution in [0.15, 0.2) is 48.5 Å². The van der Waals surface area contributed by atoms with Gasteiger partial charge in [-0.1, -0.05) is 43.3 Å². The number of hydrogen-bond donors (Lipinski definition) is 0. The van der Waals surface area contributed by atoms with Gasteiger partial charge in [-0.15, -0.1) is 0 Å². The highest BCUT2D eigenvalue weighted by molar-refractivity contribution is 5.94. The maximum absolute atomic E-state index is 12.9. The van der Waals surface area contributed by atoms with Crippen LogP contribution in [-0.2, 0) is 13.1 Å². The average molecular weight is 353 g/mol. The monoisotopic (exact) mass is 352 g/mol. The molecule has 2 aromatic carbocycles. The zero-order chi connectivity index (χ0) is 19.1. The molecule has 0 aliphatic rings. The van der Waals surface area contributed by atoms with Crippen LogP contribution in [0.5, 0.6) is 0 Å². The van der Waals surface area contributed by atoms with Crippen molar-refractivity contribution in [3.8, 4) is 0 Å². The average Bonchev–Trinajstić information content (AvgIpc) is 2.65. The first-order valence-corrected chi connectivity index (χ1v) is 9.63. The lowest BCUT2D eigenvalue weighted by molar-refractivity contribution is 0.0752. The molecule has 0 aliphatic carbocycles. The zero-order valence-corrected chi connectivity index (χ0v) is 16.8. The molecule has 0 aromatic heterocycles. The van der Waals surface area contributed by atoms with Crippen molar-refractivity contribution in [2.75, 3.05) is 13.1 Å². The number of nitrogens with zero attached hydrogens (tertiary/aromatic N) is 2. The van der Waals surface area contributed by atoms with Crippen LogP contribution in [0.1, 0.15) is 54.7 Å². The Balaban J connectivity index is 2.09. The maximum Gasteiger partial charge on any atom is 0.254 e. The quantitative estimate of drug-likeness (QED) is 0.675. The highest BCUT2D eigenvalue weighted by atomic mass is 16.2. The molecule has 0 saturated heterocycles. The molecule has 0 bridgehead atoms. The summed E-state index contributed by atoms with van der Waals surface area (Å²) < 4.78 is 0. The second-order valence-electron chi connectivity index (χ2n) is 7.10. The fourth-order valence-corrected chi connectivity index (χ4v) is 3.15. The molecular weight excluding hydrogens is 320 g/mol. The van der Waals surface area contributed by atoms with Crippen molar-refractivity contribution in [2.45, 2.75) is 53.8 Å². The second-order valence-corrected chi connectivity index (χ2v) is 7.10. The van der Waals surface area contributed by atoms with Gasteiger partial charge in [0.05, 0.1) is 0 Å². The highest BCUT2D eigenvalue weighted by Crippen LogP contribution is 2.15. The lowest BCUT2D eigenvalue weighted by Crippen LogP contribution is -2.31. The first-order chi connectivity index (χ1) is 12.5. The van der Waals surface area contributed by atoms with E-state index in [9.17, 15) is 4.79 Å². The van der Waals surface area contributed by atoms with Crippen LogP contribution in [0, 0.1) is 6.92 Å². The molecule has 3 heteroatoms. The zero-order valence-electron chi connectivity index (χ0n) is 16.8. The molecule has 0 N–H and O–H groups in total. The SMILES string of the molecule is CCN(Cc1ccccc1C)C(=O)c1ccc(CN(CC)C(C)C)cc1. The summed E-state index contributed by atoms with van der Waals surface area (Å²) in [5.41, 5.74) is 4.44. The molecule has 0 fully saturated rings. The summed E-state index contributed by atoms with van der Waals surface area (Å²) >= 11 is 0. The van der Waals surface area contributed by atoms with Crippen molar-refractivity contribution in [1.82, 2.24) is 9.80 Å². The smallest absolute Gasteiger partial charge is 0.254 e. The Morgan fingerprint density at radius 3 is 2.12 bits per heavy atom. The number of aryl methyl sites for hydroxylation is 1.